The van der Waals surface area contributed by atoms with Crippen molar-refractivity contribution in [3.8, 4) is 0 Å². The second-order valence-corrected chi connectivity index (χ2v) is 6.78. The van der Waals surface area contributed by atoms with Crippen LogP contribution < -0.4 is 0 Å². The van der Waals surface area contributed by atoms with Crippen LogP contribution in [-0.4, -0.2) is 15.7 Å². The number of halogens is 2. The van der Waals surface area contributed by atoms with E-state index in [0.717, 1.165) is 25.7 Å². The van der Waals surface area contributed by atoms with E-state index in [9.17, 15) is 9.00 Å². The molecular formula is C13H14Cl2O2S. The van der Waals surface area contributed by atoms with E-state index >= 15 is 0 Å². The van der Waals surface area contributed by atoms with Crippen molar-refractivity contribution >= 4 is 39.8 Å². The molecule has 1 aromatic rings. The van der Waals surface area contributed by atoms with E-state index in [4.69, 9.17) is 23.2 Å². The molecule has 0 saturated heterocycles. The number of hydrogen-bond acceptors (Lipinski definition) is 2. The van der Waals surface area contributed by atoms with Crippen LogP contribution in [0.15, 0.2) is 23.1 Å². The molecule has 2 rings (SSSR count). The van der Waals surface area contributed by atoms with Crippen molar-refractivity contribution in [2.75, 3.05) is 5.75 Å². The standard InChI is InChI=1S/C13H14Cl2O2S/c14-10-5-6-11(15)13(7-10)18(17)8-12(16)9-3-1-2-4-9/h5-7,9H,1-4,8H2. The molecule has 5 heteroatoms. The predicted octanol–water partition coefficient (Wildman–Crippen LogP) is 3.86. The fourth-order valence-electron chi connectivity index (χ4n) is 2.22. The molecular weight excluding hydrogens is 291 g/mol. The number of ketones is 1. The van der Waals surface area contributed by atoms with E-state index in [0.29, 0.717) is 14.9 Å². The quantitative estimate of drug-likeness (QED) is 0.846. The van der Waals surface area contributed by atoms with Crippen LogP contribution in [0.2, 0.25) is 10.0 Å². The minimum Gasteiger partial charge on any atom is -0.298 e. The van der Waals surface area contributed by atoms with Gasteiger partial charge in [0.05, 0.1) is 26.5 Å². The Morgan fingerprint density at radius 2 is 1.94 bits per heavy atom. The lowest BCUT2D eigenvalue weighted by Crippen LogP contribution is -2.18. The van der Waals surface area contributed by atoms with Gasteiger partial charge < -0.3 is 0 Å². The van der Waals surface area contributed by atoms with Crippen LogP contribution >= 0.6 is 23.2 Å². The Balaban J connectivity index is 2.07. The summed E-state index contributed by atoms with van der Waals surface area (Å²) in [7, 11) is -1.40. The van der Waals surface area contributed by atoms with Gasteiger partial charge in [0.2, 0.25) is 0 Å². The lowest BCUT2D eigenvalue weighted by molar-refractivity contribution is -0.120. The summed E-state index contributed by atoms with van der Waals surface area (Å²) < 4.78 is 12.1. The molecule has 1 unspecified atom stereocenters. The molecule has 0 radical (unpaired) electrons. The van der Waals surface area contributed by atoms with Crippen molar-refractivity contribution in [3.63, 3.8) is 0 Å². The Morgan fingerprint density at radius 1 is 1.28 bits per heavy atom. The van der Waals surface area contributed by atoms with Gasteiger partial charge in [0.15, 0.2) is 0 Å². The van der Waals surface area contributed by atoms with Crippen LogP contribution in [0.3, 0.4) is 0 Å². The van der Waals surface area contributed by atoms with E-state index in [1.54, 1.807) is 18.2 Å². The topological polar surface area (TPSA) is 34.1 Å². The van der Waals surface area contributed by atoms with E-state index in [-0.39, 0.29) is 17.5 Å². The summed E-state index contributed by atoms with van der Waals surface area (Å²) in [6, 6.07) is 4.82. The van der Waals surface area contributed by atoms with Gasteiger partial charge in [-0.25, -0.2) is 0 Å². The third kappa shape index (κ3) is 3.34. The molecule has 0 heterocycles. The lowest BCUT2D eigenvalue weighted by atomic mass is 10.0. The summed E-state index contributed by atoms with van der Waals surface area (Å²) in [5, 5.41) is 0.882. The molecule has 1 aromatic carbocycles. The zero-order chi connectivity index (χ0) is 13.1. The Bertz CT molecular complexity index is 482. The van der Waals surface area contributed by atoms with Gasteiger partial charge in [-0.1, -0.05) is 36.0 Å². The molecule has 18 heavy (non-hydrogen) atoms. The molecule has 1 aliphatic carbocycles. The van der Waals surface area contributed by atoms with Gasteiger partial charge in [-0.05, 0) is 31.0 Å². The maximum absolute atomic E-state index is 12.1. The zero-order valence-electron chi connectivity index (χ0n) is 9.83. The largest absolute Gasteiger partial charge is 0.298 e. The number of rotatable bonds is 4. The summed E-state index contributed by atoms with van der Waals surface area (Å²) in [6.45, 7) is 0. The Hall–Kier alpha value is -0.380. The average Bonchev–Trinajstić information content (AvgIpc) is 2.85. The van der Waals surface area contributed by atoms with Gasteiger partial charge in [0, 0.05) is 10.9 Å². The third-order valence-corrected chi connectivity index (χ3v) is 5.27. The van der Waals surface area contributed by atoms with Gasteiger partial charge in [-0.3, -0.25) is 9.00 Å². The third-order valence-electron chi connectivity index (χ3n) is 3.22. The Kier molecular flexibility index (Phi) is 4.82. The molecule has 0 aromatic heterocycles. The minimum absolute atomic E-state index is 0.0464. The zero-order valence-corrected chi connectivity index (χ0v) is 12.2. The van der Waals surface area contributed by atoms with E-state index in [1.807, 2.05) is 0 Å². The molecule has 1 fully saturated rings. The van der Waals surface area contributed by atoms with Gasteiger partial charge in [-0.2, -0.15) is 0 Å². The van der Waals surface area contributed by atoms with Crippen molar-refractivity contribution in [3.05, 3.63) is 28.2 Å². The molecule has 0 bridgehead atoms. The number of carbonyl (C=O) groups excluding carboxylic acids is 1. The highest BCUT2D eigenvalue weighted by molar-refractivity contribution is 7.86. The Labute approximate surface area is 119 Å². The maximum Gasteiger partial charge on any atom is 0.148 e. The highest BCUT2D eigenvalue weighted by Crippen LogP contribution is 2.28. The molecule has 0 amide bonds. The molecule has 1 saturated carbocycles. The van der Waals surface area contributed by atoms with Gasteiger partial charge >= 0.3 is 0 Å². The van der Waals surface area contributed by atoms with Crippen molar-refractivity contribution < 1.29 is 9.00 Å². The minimum atomic E-state index is -1.40. The summed E-state index contributed by atoms with van der Waals surface area (Å²) >= 11 is 11.8. The summed E-state index contributed by atoms with van der Waals surface area (Å²) in [5.41, 5.74) is 0. The number of carbonyl (C=O) groups is 1. The molecule has 1 atom stereocenters. The van der Waals surface area contributed by atoms with E-state index in [1.165, 1.54) is 0 Å². The smallest absolute Gasteiger partial charge is 0.148 e. The van der Waals surface area contributed by atoms with Crippen LogP contribution in [0.5, 0.6) is 0 Å². The van der Waals surface area contributed by atoms with E-state index in [2.05, 4.69) is 0 Å². The first-order valence-corrected chi connectivity index (χ1v) is 8.01. The highest BCUT2D eigenvalue weighted by Gasteiger charge is 2.24. The molecule has 0 N–H and O–H groups in total. The van der Waals surface area contributed by atoms with Gasteiger partial charge in [0.25, 0.3) is 0 Å². The Morgan fingerprint density at radius 3 is 2.61 bits per heavy atom. The second-order valence-electron chi connectivity index (χ2n) is 4.51. The molecule has 0 spiro atoms. The van der Waals surface area contributed by atoms with Gasteiger partial charge in [0.1, 0.15) is 5.78 Å². The SMILES string of the molecule is O=C(CS(=O)c1cc(Cl)ccc1Cl)C1CCCC1. The predicted molar refractivity (Wildman–Crippen MR) is 74.7 cm³/mol. The maximum atomic E-state index is 12.1. The first-order chi connectivity index (χ1) is 8.58. The number of Topliss-reactive ketones (excluding diaryl/α,β-unsaturated/α-hetero) is 1. The second kappa shape index (κ2) is 6.18. The summed E-state index contributed by atoms with van der Waals surface area (Å²) in [5.74, 6) is 0.221. The van der Waals surface area contributed by atoms with Crippen molar-refractivity contribution in [1.29, 1.82) is 0 Å². The van der Waals surface area contributed by atoms with Crippen LogP contribution in [0.25, 0.3) is 0 Å². The average molecular weight is 305 g/mol. The fourth-order valence-corrected chi connectivity index (χ4v) is 4.03. The highest BCUT2D eigenvalue weighted by atomic mass is 35.5. The lowest BCUT2D eigenvalue weighted by Gasteiger charge is -2.08. The van der Waals surface area contributed by atoms with Crippen molar-refractivity contribution in [1.82, 2.24) is 0 Å². The molecule has 1 aliphatic rings. The monoisotopic (exact) mass is 304 g/mol. The summed E-state index contributed by atoms with van der Waals surface area (Å²) in [4.78, 5) is 12.4. The normalized spacial score (nSPS) is 17.9. The van der Waals surface area contributed by atoms with Gasteiger partial charge in [-0.15, -0.1) is 0 Å². The van der Waals surface area contributed by atoms with Crippen LogP contribution in [0.1, 0.15) is 25.7 Å². The van der Waals surface area contributed by atoms with Crippen LogP contribution in [-0.2, 0) is 15.6 Å². The number of benzene rings is 1. The van der Waals surface area contributed by atoms with Crippen molar-refractivity contribution in [2.45, 2.75) is 30.6 Å². The molecule has 0 aliphatic heterocycles. The first kappa shape index (κ1) is 14.0. The van der Waals surface area contributed by atoms with Crippen LogP contribution in [0, 0.1) is 5.92 Å². The van der Waals surface area contributed by atoms with E-state index < -0.39 is 10.8 Å². The summed E-state index contributed by atoms with van der Waals surface area (Å²) in [6.07, 6.45) is 4.06. The van der Waals surface area contributed by atoms with Crippen LogP contribution in [0.4, 0.5) is 0 Å². The molecule has 98 valence electrons. The first-order valence-electron chi connectivity index (χ1n) is 5.94. The van der Waals surface area contributed by atoms with Crippen molar-refractivity contribution in [2.24, 2.45) is 5.92 Å². The number of hydrogen-bond donors (Lipinski definition) is 0. The fraction of sp³-hybridized carbons (Fsp3) is 0.462. The molecule has 2 nitrogen and oxygen atoms in total.